The highest BCUT2D eigenvalue weighted by molar-refractivity contribution is 5.81. The van der Waals surface area contributed by atoms with Crippen molar-refractivity contribution in [3.8, 4) is 11.5 Å². The van der Waals surface area contributed by atoms with E-state index in [1.807, 2.05) is 18.2 Å². The minimum Gasteiger partial charge on any atom is -0.497 e. The van der Waals surface area contributed by atoms with Crippen LogP contribution < -0.4 is 20.1 Å². The van der Waals surface area contributed by atoms with Gasteiger partial charge in [-0.25, -0.2) is 0 Å². The molecule has 110 valence electrons. The number of hydrogen-bond acceptors (Lipinski definition) is 4. The number of nitrogens with one attached hydrogen (secondary N) is 2. The fourth-order valence-electron chi connectivity index (χ4n) is 2.37. The van der Waals surface area contributed by atoms with Crippen molar-refractivity contribution in [2.24, 2.45) is 0 Å². The number of methoxy groups -OCH3 is 2. The molecule has 1 fully saturated rings. The number of ether oxygens (including phenoxy) is 2. The molecule has 0 radical (unpaired) electrons. The molecule has 1 heterocycles. The summed E-state index contributed by atoms with van der Waals surface area (Å²) in [6, 6.07) is 5.58. The van der Waals surface area contributed by atoms with E-state index in [9.17, 15) is 4.79 Å². The van der Waals surface area contributed by atoms with E-state index in [2.05, 4.69) is 10.6 Å². The van der Waals surface area contributed by atoms with Crippen LogP contribution in [0.3, 0.4) is 0 Å². The van der Waals surface area contributed by atoms with Gasteiger partial charge < -0.3 is 20.1 Å². The van der Waals surface area contributed by atoms with Crippen molar-refractivity contribution in [3.63, 3.8) is 0 Å². The van der Waals surface area contributed by atoms with E-state index in [1.165, 1.54) is 0 Å². The molecule has 5 heteroatoms. The Labute approximate surface area is 119 Å². The van der Waals surface area contributed by atoms with E-state index >= 15 is 0 Å². The van der Waals surface area contributed by atoms with E-state index in [-0.39, 0.29) is 11.9 Å². The average Bonchev–Trinajstić information content (AvgIpc) is 2.69. The Balaban J connectivity index is 2.00. The van der Waals surface area contributed by atoms with E-state index < -0.39 is 0 Å². The molecule has 1 aliphatic heterocycles. The van der Waals surface area contributed by atoms with Crippen LogP contribution in [0, 0.1) is 0 Å². The first kappa shape index (κ1) is 14.7. The summed E-state index contributed by atoms with van der Waals surface area (Å²) in [6.07, 6.45) is 3.00. The highest BCUT2D eigenvalue weighted by atomic mass is 16.5. The third kappa shape index (κ3) is 3.63. The number of carbonyl (C=O) groups is 1. The van der Waals surface area contributed by atoms with Crippen LogP contribution >= 0.6 is 0 Å². The second kappa shape index (κ2) is 7.14. The van der Waals surface area contributed by atoms with E-state index in [0.29, 0.717) is 6.54 Å². The van der Waals surface area contributed by atoms with Crippen LogP contribution in [-0.2, 0) is 11.3 Å². The number of benzene rings is 1. The van der Waals surface area contributed by atoms with Crippen molar-refractivity contribution in [2.75, 3.05) is 20.8 Å². The predicted molar refractivity (Wildman–Crippen MR) is 77.0 cm³/mol. The maximum absolute atomic E-state index is 11.9. The van der Waals surface area contributed by atoms with Crippen LogP contribution in [0.25, 0.3) is 0 Å². The fraction of sp³-hybridized carbons (Fsp3) is 0.533. The maximum Gasteiger partial charge on any atom is 0.237 e. The Morgan fingerprint density at radius 2 is 2.15 bits per heavy atom. The molecule has 1 aromatic rings. The van der Waals surface area contributed by atoms with Crippen molar-refractivity contribution < 1.29 is 14.3 Å². The summed E-state index contributed by atoms with van der Waals surface area (Å²) in [5.74, 6) is 1.62. The van der Waals surface area contributed by atoms with Gasteiger partial charge in [0.25, 0.3) is 0 Å². The van der Waals surface area contributed by atoms with Crippen LogP contribution in [0.1, 0.15) is 24.8 Å². The smallest absolute Gasteiger partial charge is 0.237 e. The molecular formula is C15H22N2O3. The van der Waals surface area contributed by atoms with Crippen molar-refractivity contribution in [2.45, 2.75) is 31.8 Å². The molecule has 20 heavy (non-hydrogen) atoms. The van der Waals surface area contributed by atoms with Gasteiger partial charge in [0.1, 0.15) is 11.5 Å². The largest absolute Gasteiger partial charge is 0.497 e. The molecule has 5 nitrogen and oxygen atoms in total. The zero-order chi connectivity index (χ0) is 14.4. The second-order valence-corrected chi connectivity index (χ2v) is 4.90. The summed E-state index contributed by atoms with van der Waals surface area (Å²) in [5.41, 5.74) is 1.02. The highest BCUT2D eigenvalue weighted by Crippen LogP contribution is 2.24. The molecule has 1 saturated heterocycles. The Hall–Kier alpha value is -1.75. The lowest BCUT2D eigenvalue weighted by molar-refractivity contribution is -0.122. The molecule has 1 unspecified atom stereocenters. The van der Waals surface area contributed by atoms with Crippen LogP contribution in [-0.4, -0.2) is 32.7 Å². The third-order valence-electron chi connectivity index (χ3n) is 3.57. The molecule has 0 bridgehead atoms. The molecular weight excluding hydrogens is 256 g/mol. The molecule has 2 rings (SSSR count). The van der Waals surface area contributed by atoms with Gasteiger partial charge in [-0.05, 0) is 25.3 Å². The second-order valence-electron chi connectivity index (χ2n) is 4.90. The van der Waals surface area contributed by atoms with Crippen molar-refractivity contribution in [1.82, 2.24) is 10.6 Å². The van der Waals surface area contributed by atoms with Gasteiger partial charge in [-0.15, -0.1) is 0 Å². The molecule has 1 aliphatic rings. The first-order chi connectivity index (χ1) is 9.74. The van der Waals surface area contributed by atoms with Gasteiger partial charge in [-0.1, -0.05) is 6.07 Å². The van der Waals surface area contributed by atoms with Crippen LogP contribution in [0.15, 0.2) is 18.2 Å². The maximum atomic E-state index is 11.9. The number of rotatable bonds is 5. The summed E-state index contributed by atoms with van der Waals surface area (Å²) in [7, 11) is 3.26. The van der Waals surface area contributed by atoms with E-state index in [4.69, 9.17) is 9.47 Å². The van der Waals surface area contributed by atoms with Crippen molar-refractivity contribution in [3.05, 3.63) is 23.8 Å². The Bertz CT molecular complexity index is 462. The summed E-state index contributed by atoms with van der Waals surface area (Å²) in [4.78, 5) is 11.9. The molecule has 0 saturated carbocycles. The van der Waals surface area contributed by atoms with Gasteiger partial charge >= 0.3 is 0 Å². The number of carbonyl (C=O) groups excluding carboxylic acids is 1. The number of hydrogen-bond donors (Lipinski definition) is 2. The van der Waals surface area contributed by atoms with Crippen LogP contribution in [0.5, 0.6) is 11.5 Å². The Kier molecular flexibility index (Phi) is 5.24. The quantitative estimate of drug-likeness (QED) is 0.856. The fourth-order valence-corrected chi connectivity index (χ4v) is 2.37. The molecule has 1 atom stereocenters. The summed E-state index contributed by atoms with van der Waals surface area (Å²) >= 11 is 0. The van der Waals surface area contributed by atoms with Gasteiger partial charge in [0.2, 0.25) is 5.91 Å². The summed E-state index contributed by atoms with van der Waals surface area (Å²) < 4.78 is 10.5. The molecule has 0 spiro atoms. The topological polar surface area (TPSA) is 59.6 Å². The van der Waals surface area contributed by atoms with E-state index in [1.54, 1.807) is 14.2 Å². The lowest BCUT2D eigenvalue weighted by Crippen LogP contribution is -2.42. The van der Waals surface area contributed by atoms with Gasteiger partial charge in [0, 0.05) is 24.7 Å². The normalized spacial score (nSPS) is 19.1. The molecule has 1 aromatic carbocycles. The van der Waals surface area contributed by atoms with E-state index in [0.717, 1.165) is 42.9 Å². The first-order valence-corrected chi connectivity index (χ1v) is 6.96. The summed E-state index contributed by atoms with van der Waals surface area (Å²) in [5, 5.41) is 6.23. The third-order valence-corrected chi connectivity index (χ3v) is 3.57. The van der Waals surface area contributed by atoms with Crippen molar-refractivity contribution >= 4 is 5.91 Å². The van der Waals surface area contributed by atoms with Crippen LogP contribution in [0.2, 0.25) is 0 Å². The lowest BCUT2D eigenvalue weighted by Gasteiger charge is -2.17. The zero-order valence-electron chi connectivity index (χ0n) is 12.1. The standard InChI is InChI=1S/C15H22N2O3/c1-19-12-7-6-11(14(9-12)20-2)10-17-13-5-3-4-8-16-15(13)18/h6-7,9,13,17H,3-5,8,10H2,1-2H3,(H,16,18). The molecule has 2 N–H and O–H groups in total. The van der Waals surface area contributed by atoms with Gasteiger partial charge in [-0.2, -0.15) is 0 Å². The van der Waals surface area contributed by atoms with Gasteiger partial charge in [0.05, 0.1) is 20.3 Å². The average molecular weight is 278 g/mol. The first-order valence-electron chi connectivity index (χ1n) is 6.96. The minimum absolute atomic E-state index is 0.0926. The summed E-state index contributed by atoms with van der Waals surface area (Å²) in [6.45, 7) is 1.38. The monoisotopic (exact) mass is 278 g/mol. The SMILES string of the molecule is COc1ccc(CNC2CCCCNC2=O)c(OC)c1. The molecule has 1 amide bonds. The molecule has 0 aliphatic carbocycles. The van der Waals surface area contributed by atoms with Crippen molar-refractivity contribution in [1.29, 1.82) is 0 Å². The zero-order valence-corrected chi connectivity index (χ0v) is 12.1. The van der Waals surface area contributed by atoms with Gasteiger partial charge in [-0.3, -0.25) is 4.79 Å². The predicted octanol–water partition coefficient (Wildman–Crippen LogP) is 1.46. The van der Waals surface area contributed by atoms with Crippen LogP contribution in [0.4, 0.5) is 0 Å². The molecule has 0 aromatic heterocycles. The lowest BCUT2D eigenvalue weighted by atomic mass is 10.1. The highest BCUT2D eigenvalue weighted by Gasteiger charge is 2.20. The Morgan fingerprint density at radius 1 is 1.30 bits per heavy atom. The minimum atomic E-state index is -0.121. The Morgan fingerprint density at radius 3 is 2.90 bits per heavy atom. The number of amides is 1. The van der Waals surface area contributed by atoms with Gasteiger partial charge in [0.15, 0.2) is 0 Å².